The van der Waals surface area contributed by atoms with Crippen LogP contribution in [0.3, 0.4) is 0 Å². The Kier molecular flexibility index (Phi) is 6.22. The fourth-order valence-corrected chi connectivity index (χ4v) is 4.05. The number of aryl methyl sites for hydroxylation is 2. The van der Waals surface area contributed by atoms with Crippen LogP contribution in [0.4, 0.5) is 5.69 Å². The van der Waals surface area contributed by atoms with Gasteiger partial charge in [0.25, 0.3) is 0 Å². The first-order chi connectivity index (χ1) is 13.4. The first-order valence-corrected chi connectivity index (χ1v) is 10.1. The highest BCUT2D eigenvalue weighted by Gasteiger charge is 2.21. The maximum atomic E-state index is 12.6. The summed E-state index contributed by atoms with van der Waals surface area (Å²) in [5.74, 6) is -1.45. The molecule has 1 aliphatic rings. The van der Waals surface area contributed by atoms with Crippen LogP contribution in [-0.4, -0.2) is 27.2 Å². The molecule has 2 N–H and O–H groups in total. The zero-order valence-electron chi connectivity index (χ0n) is 15.2. The average Bonchev–Trinajstić information content (AvgIpc) is 2.68. The molecule has 1 aliphatic carbocycles. The zero-order chi connectivity index (χ0) is 20.3. The molecule has 3 rings (SSSR count). The number of hydrogen-bond acceptors (Lipinski definition) is 5. The van der Waals surface area contributed by atoms with E-state index in [1.165, 1.54) is 30.0 Å². The van der Waals surface area contributed by atoms with Crippen LogP contribution in [0.1, 0.15) is 46.9 Å². The third kappa shape index (κ3) is 4.46. The molecule has 1 aromatic heterocycles. The standard InChI is InChI=1S/C20H18ClN3O3S/c1-11(18(25)23-17-9-13(20(26)27)6-7-15(17)21)28-19-14(10-22)8-12-4-2-3-5-16(12)24-19/h6-9,11H,2-5H2,1H3,(H,23,25)(H,26,27). The molecule has 28 heavy (non-hydrogen) atoms. The van der Waals surface area contributed by atoms with E-state index in [1.54, 1.807) is 6.92 Å². The van der Waals surface area contributed by atoms with E-state index in [9.17, 15) is 14.9 Å². The van der Waals surface area contributed by atoms with E-state index in [-0.39, 0.29) is 22.2 Å². The van der Waals surface area contributed by atoms with Crippen molar-refractivity contribution < 1.29 is 14.7 Å². The molecule has 0 bridgehead atoms. The number of pyridine rings is 1. The minimum atomic E-state index is -1.11. The Bertz CT molecular complexity index is 987. The molecule has 2 aromatic rings. The molecule has 1 heterocycles. The normalized spacial score (nSPS) is 13.9. The predicted octanol–water partition coefficient (Wildman–Crippen LogP) is 4.30. The van der Waals surface area contributed by atoms with Gasteiger partial charge >= 0.3 is 5.97 Å². The highest BCUT2D eigenvalue weighted by atomic mass is 35.5. The van der Waals surface area contributed by atoms with Gasteiger partial charge in [0, 0.05) is 5.69 Å². The van der Waals surface area contributed by atoms with Gasteiger partial charge in [0.2, 0.25) is 5.91 Å². The number of amides is 1. The molecule has 1 aromatic carbocycles. The topological polar surface area (TPSA) is 103 Å². The van der Waals surface area contributed by atoms with Gasteiger partial charge in [-0.05, 0) is 62.4 Å². The fourth-order valence-electron chi connectivity index (χ4n) is 2.99. The number of nitriles is 1. The monoisotopic (exact) mass is 415 g/mol. The summed E-state index contributed by atoms with van der Waals surface area (Å²) in [6.45, 7) is 1.71. The van der Waals surface area contributed by atoms with E-state index in [0.29, 0.717) is 10.6 Å². The van der Waals surface area contributed by atoms with E-state index in [2.05, 4.69) is 16.4 Å². The van der Waals surface area contributed by atoms with Crippen molar-refractivity contribution in [3.63, 3.8) is 0 Å². The summed E-state index contributed by atoms with van der Waals surface area (Å²) in [6.07, 6.45) is 3.98. The van der Waals surface area contributed by atoms with Crippen molar-refractivity contribution in [2.24, 2.45) is 0 Å². The Hall–Kier alpha value is -2.56. The minimum Gasteiger partial charge on any atom is -0.478 e. The third-order valence-electron chi connectivity index (χ3n) is 4.52. The van der Waals surface area contributed by atoms with Gasteiger partial charge < -0.3 is 10.4 Å². The number of aromatic carboxylic acids is 1. The average molecular weight is 416 g/mol. The van der Waals surface area contributed by atoms with Crippen molar-refractivity contribution in [2.75, 3.05) is 5.32 Å². The molecule has 1 atom stereocenters. The Morgan fingerprint density at radius 1 is 1.32 bits per heavy atom. The number of rotatable bonds is 5. The third-order valence-corrected chi connectivity index (χ3v) is 5.95. The van der Waals surface area contributed by atoms with Gasteiger partial charge in [0.1, 0.15) is 11.1 Å². The number of carbonyl (C=O) groups excluding carboxylic acids is 1. The van der Waals surface area contributed by atoms with Gasteiger partial charge in [-0.25, -0.2) is 9.78 Å². The molecule has 0 radical (unpaired) electrons. The van der Waals surface area contributed by atoms with Crippen LogP contribution < -0.4 is 5.32 Å². The van der Waals surface area contributed by atoms with Crippen LogP contribution in [0.25, 0.3) is 0 Å². The summed E-state index contributed by atoms with van der Waals surface area (Å²) in [7, 11) is 0. The lowest BCUT2D eigenvalue weighted by molar-refractivity contribution is -0.115. The summed E-state index contributed by atoms with van der Waals surface area (Å²) in [6, 6.07) is 8.16. The van der Waals surface area contributed by atoms with E-state index >= 15 is 0 Å². The molecule has 8 heteroatoms. The van der Waals surface area contributed by atoms with Crippen molar-refractivity contribution in [1.82, 2.24) is 4.98 Å². The molecule has 0 saturated heterocycles. The first kappa shape index (κ1) is 20.2. The first-order valence-electron chi connectivity index (χ1n) is 8.82. The lowest BCUT2D eigenvalue weighted by atomic mass is 9.95. The number of carbonyl (C=O) groups is 2. The van der Waals surface area contributed by atoms with Crippen LogP contribution in [0.5, 0.6) is 0 Å². The minimum absolute atomic E-state index is 0.0307. The Morgan fingerprint density at radius 3 is 2.79 bits per heavy atom. The van der Waals surface area contributed by atoms with Crippen LogP contribution in [-0.2, 0) is 17.6 Å². The summed E-state index contributed by atoms with van der Waals surface area (Å²) < 4.78 is 0. The summed E-state index contributed by atoms with van der Waals surface area (Å²) in [4.78, 5) is 28.3. The number of nitrogens with one attached hydrogen (secondary N) is 1. The van der Waals surface area contributed by atoms with E-state index in [4.69, 9.17) is 16.7 Å². The van der Waals surface area contributed by atoms with Gasteiger partial charge in [-0.1, -0.05) is 23.4 Å². The number of halogens is 1. The Labute approximate surface area is 171 Å². The second kappa shape index (κ2) is 8.63. The van der Waals surface area contributed by atoms with Gasteiger partial charge in [-0.15, -0.1) is 0 Å². The molecule has 0 saturated carbocycles. The summed E-state index contributed by atoms with van der Waals surface area (Å²) in [5.41, 5.74) is 2.84. The molecule has 0 aliphatic heterocycles. The SMILES string of the molecule is CC(Sc1nc2c(cc1C#N)CCCC2)C(=O)Nc1cc(C(=O)O)ccc1Cl. The van der Waals surface area contributed by atoms with Crippen molar-refractivity contribution in [2.45, 2.75) is 42.9 Å². The largest absolute Gasteiger partial charge is 0.478 e. The molecule has 1 unspecified atom stereocenters. The van der Waals surface area contributed by atoms with Gasteiger partial charge in [0.05, 0.1) is 27.1 Å². The summed E-state index contributed by atoms with van der Waals surface area (Å²) >= 11 is 7.27. The van der Waals surface area contributed by atoms with Crippen LogP contribution in [0.2, 0.25) is 5.02 Å². The number of thioether (sulfide) groups is 1. The maximum Gasteiger partial charge on any atom is 0.335 e. The smallest absolute Gasteiger partial charge is 0.335 e. The van der Waals surface area contributed by atoms with Gasteiger partial charge in [-0.2, -0.15) is 5.26 Å². The Morgan fingerprint density at radius 2 is 2.07 bits per heavy atom. The van der Waals surface area contributed by atoms with Crippen molar-refractivity contribution in [3.8, 4) is 6.07 Å². The maximum absolute atomic E-state index is 12.6. The van der Waals surface area contributed by atoms with Gasteiger partial charge in [-0.3, -0.25) is 4.79 Å². The lowest BCUT2D eigenvalue weighted by Gasteiger charge is -2.18. The zero-order valence-corrected chi connectivity index (χ0v) is 16.7. The number of benzene rings is 1. The molecule has 144 valence electrons. The quantitative estimate of drug-likeness (QED) is 0.705. The number of hydrogen-bond donors (Lipinski definition) is 2. The number of carboxylic acid groups (broad SMARTS) is 1. The van der Waals surface area contributed by atoms with Crippen molar-refractivity contribution >= 4 is 40.9 Å². The summed E-state index contributed by atoms with van der Waals surface area (Å²) in [5, 5.41) is 21.4. The predicted molar refractivity (Wildman–Crippen MR) is 108 cm³/mol. The number of carboxylic acids is 1. The highest BCUT2D eigenvalue weighted by molar-refractivity contribution is 8.00. The molecule has 6 nitrogen and oxygen atoms in total. The van der Waals surface area contributed by atoms with Gasteiger partial charge in [0.15, 0.2) is 0 Å². The van der Waals surface area contributed by atoms with Crippen molar-refractivity contribution in [3.05, 3.63) is 51.7 Å². The van der Waals surface area contributed by atoms with E-state index < -0.39 is 11.2 Å². The van der Waals surface area contributed by atoms with E-state index in [1.807, 2.05) is 6.07 Å². The Balaban J connectivity index is 1.77. The van der Waals surface area contributed by atoms with Crippen molar-refractivity contribution in [1.29, 1.82) is 5.26 Å². The molecular formula is C20H18ClN3O3S. The second-order valence-electron chi connectivity index (χ2n) is 6.51. The highest BCUT2D eigenvalue weighted by Crippen LogP contribution is 2.31. The van der Waals surface area contributed by atoms with Crippen LogP contribution >= 0.6 is 23.4 Å². The second-order valence-corrected chi connectivity index (χ2v) is 8.25. The lowest BCUT2D eigenvalue weighted by Crippen LogP contribution is -2.23. The van der Waals surface area contributed by atoms with Crippen LogP contribution in [0.15, 0.2) is 29.3 Å². The molecule has 1 amide bonds. The fraction of sp³-hybridized carbons (Fsp3) is 0.300. The molecule has 0 spiro atoms. The molecule has 0 fully saturated rings. The number of aromatic nitrogens is 1. The van der Waals surface area contributed by atoms with E-state index in [0.717, 1.165) is 36.9 Å². The molecular weight excluding hydrogens is 398 g/mol. The number of anilines is 1. The number of nitrogens with zero attached hydrogens (tertiary/aromatic N) is 2. The van der Waals surface area contributed by atoms with Crippen LogP contribution in [0, 0.1) is 11.3 Å². The number of fused-ring (bicyclic) bond motifs is 1.